The molecule has 0 amide bonds. The minimum atomic E-state index is -0.716. The second-order valence-corrected chi connectivity index (χ2v) is 3.81. The largest absolute Gasteiger partial charge is 0.480 e. The Morgan fingerprint density at radius 2 is 2.27 bits per heavy atom. The van der Waals surface area contributed by atoms with Crippen LogP contribution in [0.1, 0.15) is 18.9 Å². The molecule has 1 N–H and O–H groups in total. The van der Waals surface area contributed by atoms with Gasteiger partial charge >= 0.3 is 5.97 Å². The zero-order valence-corrected chi connectivity index (χ0v) is 8.81. The van der Waals surface area contributed by atoms with Crippen molar-refractivity contribution >= 4 is 11.7 Å². The molecule has 0 aliphatic carbocycles. The molecular weight excluding hydrogens is 190 g/mol. The van der Waals surface area contributed by atoms with Gasteiger partial charge in [-0.3, -0.25) is 0 Å². The van der Waals surface area contributed by atoms with Gasteiger partial charge in [0.05, 0.1) is 0 Å². The number of nitrogens with zero attached hydrogens (tertiary/aromatic N) is 1. The summed E-state index contributed by atoms with van der Waals surface area (Å²) in [4.78, 5) is 13.1. The molecule has 0 spiro atoms. The van der Waals surface area contributed by atoms with Gasteiger partial charge in [-0.2, -0.15) is 0 Å². The quantitative estimate of drug-likeness (QED) is 0.801. The van der Waals surface area contributed by atoms with Crippen molar-refractivity contribution in [3.05, 3.63) is 29.8 Å². The molecule has 1 aliphatic rings. The summed E-state index contributed by atoms with van der Waals surface area (Å²) in [5.74, 6) is -0.716. The molecule has 3 heteroatoms. The summed E-state index contributed by atoms with van der Waals surface area (Å²) in [6, 6.07) is 7.70. The third-order valence-electron chi connectivity index (χ3n) is 2.99. The number of rotatable bonds is 2. The Hall–Kier alpha value is -1.51. The van der Waals surface area contributed by atoms with Crippen molar-refractivity contribution in [1.29, 1.82) is 0 Å². The van der Waals surface area contributed by atoms with Gasteiger partial charge < -0.3 is 10.0 Å². The predicted octanol–water partition coefficient (Wildman–Crippen LogP) is 1.91. The van der Waals surface area contributed by atoms with Gasteiger partial charge in [0.1, 0.15) is 6.04 Å². The average molecular weight is 205 g/mol. The van der Waals surface area contributed by atoms with Crippen LogP contribution in [0, 0.1) is 0 Å². The van der Waals surface area contributed by atoms with E-state index in [1.807, 2.05) is 30.0 Å². The van der Waals surface area contributed by atoms with Crippen molar-refractivity contribution in [2.75, 3.05) is 11.4 Å². The van der Waals surface area contributed by atoms with Crippen LogP contribution in [-0.2, 0) is 11.2 Å². The third-order valence-corrected chi connectivity index (χ3v) is 2.99. The standard InChI is InChI=1S/C12H15NO2/c1-2-13-10-6-4-3-5-9(10)7-8-11(13)12(14)15/h3-6,11H,2,7-8H2,1H3,(H,14,15)/t11-/m1/s1. The Balaban J connectivity index is 2.38. The summed E-state index contributed by atoms with van der Waals surface area (Å²) in [5.41, 5.74) is 2.34. The van der Waals surface area contributed by atoms with Crippen LogP contribution >= 0.6 is 0 Å². The van der Waals surface area contributed by atoms with Crippen molar-refractivity contribution in [2.45, 2.75) is 25.8 Å². The number of fused-ring (bicyclic) bond motifs is 1. The lowest BCUT2D eigenvalue weighted by molar-refractivity contribution is -0.138. The first-order valence-electron chi connectivity index (χ1n) is 5.31. The molecule has 0 fully saturated rings. The molecule has 1 aliphatic heterocycles. The molecule has 3 nitrogen and oxygen atoms in total. The average Bonchev–Trinajstić information content (AvgIpc) is 2.27. The van der Waals surface area contributed by atoms with Crippen LogP contribution in [0.25, 0.3) is 0 Å². The van der Waals surface area contributed by atoms with Crippen LogP contribution in [0.4, 0.5) is 5.69 Å². The second-order valence-electron chi connectivity index (χ2n) is 3.81. The first-order chi connectivity index (χ1) is 7.24. The molecule has 1 aromatic carbocycles. The third kappa shape index (κ3) is 1.69. The van der Waals surface area contributed by atoms with Gasteiger partial charge in [-0.1, -0.05) is 18.2 Å². The Morgan fingerprint density at radius 1 is 1.53 bits per heavy atom. The highest BCUT2D eigenvalue weighted by molar-refractivity contribution is 5.79. The fraction of sp³-hybridized carbons (Fsp3) is 0.417. The maximum Gasteiger partial charge on any atom is 0.326 e. The van der Waals surface area contributed by atoms with Crippen LogP contribution in [0.5, 0.6) is 0 Å². The van der Waals surface area contributed by atoms with E-state index in [9.17, 15) is 4.79 Å². The summed E-state index contributed by atoms with van der Waals surface area (Å²) in [6.45, 7) is 2.74. The van der Waals surface area contributed by atoms with E-state index in [1.165, 1.54) is 5.56 Å². The first kappa shape index (κ1) is 10.0. The minimum Gasteiger partial charge on any atom is -0.480 e. The SMILES string of the molecule is CCN1c2ccccc2CC[C@@H]1C(=O)O. The van der Waals surface area contributed by atoms with Crippen LogP contribution in [0.15, 0.2) is 24.3 Å². The summed E-state index contributed by atoms with van der Waals surface area (Å²) < 4.78 is 0. The van der Waals surface area contributed by atoms with Gasteiger partial charge in [0, 0.05) is 12.2 Å². The molecule has 0 saturated carbocycles. The summed E-state index contributed by atoms with van der Waals surface area (Å²) in [5, 5.41) is 9.12. The molecule has 2 rings (SSSR count). The van der Waals surface area contributed by atoms with Gasteiger partial charge in [0.25, 0.3) is 0 Å². The van der Waals surface area contributed by atoms with Crippen LogP contribution in [0.3, 0.4) is 0 Å². The fourth-order valence-corrected chi connectivity index (χ4v) is 2.27. The van der Waals surface area contributed by atoms with Gasteiger partial charge in [0.15, 0.2) is 0 Å². The number of para-hydroxylation sites is 1. The van der Waals surface area contributed by atoms with E-state index in [-0.39, 0.29) is 6.04 Å². The Labute approximate surface area is 89.3 Å². The molecule has 0 unspecified atom stereocenters. The smallest absolute Gasteiger partial charge is 0.326 e. The second kappa shape index (κ2) is 3.93. The van der Waals surface area contributed by atoms with Crippen molar-refractivity contribution in [2.24, 2.45) is 0 Å². The molecule has 0 bridgehead atoms. The topological polar surface area (TPSA) is 40.5 Å². The van der Waals surface area contributed by atoms with Crippen molar-refractivity contribution in [3.63, 3.8) is 0 Å². The molecule has 15 heavy (non-hydrogen) atoms. The van der Waals surface area contributed by atoms with E-state index in [1.54, 1.807) is 0 Å². The number of benzene rings is 1. The van der Waals surface area contributed by atoms with Crippen molar-refractivity contribution in [1.82, 2.24) is 0 Å². The van der Waals surface area contributed by atoms with E-state index in [4.69, 9.17) is 5.11 Å². The van der Waals surface area contributed by atoms with E-state index in [2.05, 4.69) is 6.07 Å². The first-order valence-corrected chi connectivity index (χ1v) is 5.31. The maximum absolute atomic E-state index is 11.1. The zero-order chi connectivity index (χ0) is 10.8. The number of hydrogen-bond donors (Lipinski definition) is 1. The molecule has 1 atom stereocenters. The van der Waals surface area contributed by atoms with Crippen LogP contribution < -0.4 is 4.90 Å². The van der Waals surface area contributed by atoms with Gasteiger partial charge in [-0.15, -0.1) is 0 Å². The molecular formula is C12H15NO2. The molecule has 0 saturated heterocycles. The number of carbonyl (C=O) groups is 1. The summed E-state index contributed by atoms with van der Waals surface area (Å²) in [7, 11) is 0. The Bertz CT molecular complexity index is 376. The zero-order valence-electron chi connectivity index (χ0n) is 8.81. The number of anilines is 1. The van der Waals surface area contributed by atoms with Crippen LogP contribution in [-0.4, -0.2) is 23.7 Å². The fourth-order valence-electron chi connectivity index (χ4n) is 2.27. The highest BCUT2D eigenvalue weighted by Crippen LogP contribution is 2.30. The monoisotopic (exact) mass is 205 g/mol. The Morgan fingerprint density at radius 3 is 2.93 bits per heavy atom. The van der Waals surface area contributed by atoms with Gasteiger partial charge in [-0.25, -0.2) is 4.79 Å². The minimum absolute atomic E-state index is 0.357. The summed E-state index contributed by atoms with van der Waals surface area (Å²) >= 11 is 0. The van der Waals surface area contributed by atoms with Crippen molar-refractivity contribution in [3.8, 4) is 0 Å². The number of carboxylic acids is 1. The van der Waals surface area contributed by atoms with E-state index >= 15 is 0 Å². The number of hydrogen-bond acceptors (Lipinski definition) is 2. The highest BCUT2D eigenvalue weighted by atomic mass is 16.4. The molecule has 1 heterocycles. The number of likely N-dealkylation sites (N-methyl/N-ethyl adjacent to an activating group) is 1. The lowest BCUT2D eigenvalue weighted by Gasteiger charge is -2.35. The number of carboxylic acid groups (broad SMARTS) is 1. The van der Waals surface area contributed by atoms with E-state index in [0.29, 0.717) is 6.42 Å². The summed E-state index contributed by atoms with van der Waals surface area (Å²) in [6.07, 6.45) is 1.57. The predicted molar refractivity (Wildman–Crippen MR) is 59.2 cm³/mol. The van der Waals surface area contributed by atoms with Crippen molar-refractivity contribution < 1.29 is 9.90 Å². The normalized spacial score (nSPS) is 19.8. The Kier molecular flexibility index (Phi) is 2.62. The van der Waals surface area contributed by atoms with Crippen LogP contribution in [0.2, 0.25) is 0 Å². The van der Waals surface area contributed by atoms with Gasteiger partial charge in [-0.05, 0) is 31.4 Å². The molecule has 80 valence electrons. The molecule has 0 aromatic heterocycles. The lowest BCUT2D eigenvalue weighted by atomic mass is 9.96. The number of aryl methyl sites for hydroxylation is 1. The molecule has 1 aromatic rings. The van der Waals surface area contributed by atoms with Gasteiger partial charge in [0.2, 0.25) is 0 Å². The maximum atomic E-state index is 11.1. The number of aliphatic carboxylic acids is 1. The lowest BCUT2D eigenvalue weighted by Crippen LogP contribution is -2.44. The highest BCUT2D eigenvalue weighted by Gasteiger charge is 2.29. The van der Waals surface area contributed by atoms with E-state index in [0.717, 1.165) is 18.7 Å². The molecule has 0 radical (unpaired) electrons. The van der Waals surface area contributed by atoms with E-state index < -0.39 is 5.97 Å².